The standard InChI is InChI=1S/C18H23ClF2N2O/c19-8-3-9-22-10-12-23(13-11-22)14-15(24)4-1-5-16-17(20)6-2-7-18(16)21/h1-2,5-7H,3-4,8-14H2. The number of Topliss-reactive ketones (excluding diaryl/α,β-unsaturated/α-hetero) is 1. The monoisotopic (exact) mass is 356 g/mol. The van der Waals surface area contributed by atoms with Crippen molar-refractivity contribution in [2.75, 3.05) is 45.1 Å². The minimum Gasteiger partial charge on any atom is -0.301 e. The van der Waals surface area contributed by atoms with Gasteiger partial charge in [0.2, 0.25) is 0 Å². The summed E-state index contributed by atoms with van der Waals surface area (Å²) in [6.07, 6.45) is 4.03. The van der Waals surface area contributed by atoms with Crippen molar-refractivity contribution in [3.05, 3.63) is 41.5 Å². The Bertz CT molecular complexity index is 552. The van der Waals surface area contributed by atoms with Gasteiger partial charge in [-0.05, 0) is 25.1 Å². The molecule has 0 aliphatic carbocycles. The molecule has 1 aliphatic heterocycles. The summed E-state index contributed by atoms with van der Waals surface area (Å²) in [5.74, 6) is -0.510. The smallest absolute Gasteiger partial charge is 0.150 e. The molecule has 1 aromatic carbocycles. The fourth-order valence-electron chi connectivity index (χ4n) is 2.75. The molecule has 24 heavy (non-hydrogen) atoms. The second-order valence-electron chi connectivity index (χ2n) is 5.94. The van der Waals surface area contributed by atoms with Gasteiger partial charge in [-0.25, -0.2) is 8.78 Å². The Balaban J connectivity index is 1.73. The van der Waals surface area contributed by atoms with Gasteiger partial charge in [0.05, 0.1) is 6.54 Å². The average Bonchev–Trinajstić information content (AvgIpc) is 2.57. The molecule has 0 saturated carbocycles. The van der Waals surface area contributed by atoms with Gasteiger partial charge in [-0.3, -0.25) is 9.69 Å². The number of allylic oxidation sites excluding steroid dienone is 1. The molecular weight excluding hydrogens is 334 g/mol. The van der Waals surface area contributed by atoms with E-state index in [4.69, 9.17) is 11.6 Å². The van der Waals surface area contributed by atoms with Crippen LogP contribution in [0.2, 0.25) is 0 Å². The number of halogens is 3. The number of hydrogen-bond donors (Lipinski definition) is 0. The summed E-state index contributed by atoms with van der Waals surface area (Å²) < 4.78 is 27.0. The predicted octanol–water partition coefficient (Wildman–Crippen LogP) is 3.18. The van der Waals surface area contributed by atoms with Crippen LogP contribution in [0.25, 0.3) is 6.08 Å². The molecule has 0 unspecified atom stereocenters. The number of hydrogen-bond acceptors (Lipinski definition) is 3. The molecule has 0 bridgehead atoms. The molecule has 1 aromatic rings. The van der Waals surface area contributed by atoms with E-state index in [1.165, 1.54) is 30.4 Å². The highest BCUT2D eigenvalue weighted by Gasteiger charge is 2.18. The van der Waals surface area contributed by atoms with Crippen LogP contribution in [0, 0.1) is 11.6 Å². The zero-order valence-corrected chi connectivity index (χ0v) is 14.4. The van der Waals surface area contributed by atoms with Gasteiger partial charge in [-0.2, -0.15) is 0 Å². The molecule has 132 valence electrons. The zero-order valence-electron chi connectivity index (χ0n) is 13.7. The first-order chi connectivity index (χ1) is 11.6. The van der Waals surface area contributed by atoms with E-state index < -0.39 is 11.6 Å². The molecule has 0 spiro atoms. The van der Waals surface area contributed by atoms with Gasteiger partial charge >= 0.3 is 0 Å². The summed E-state index contributed by atoms with van der Waals surface area (Å²) in [5, 5.41) is 0. The van der Waals surface area contributed by atoms with Crippen molar-refractivity contribution in [3.8, 4) is 0 Å². The van der Waals surface area contributed by atoms with E-state index in [0.717, 1.165) is 39.1 Å². The Labute approximate surface area is 146 Å². The van der Waals surface area contributed by atoms with Crippen LogP contribution in [0.3, 0.4) is 0 Å². The fraction of sp³-hybridized carbons (Fsp3) is 0.500. The first-order valence-electron chi connectivity index (χ1n) is 8.23. The summed E-state index contributed by atoms with van der Waals surface area (Å²) >= 11 is 5.70. The van der Waals surface area contributed by atoms with Gasteiger partial charge in [-0.15, -0.1) is 11.6 Å². The summed E-state index contributed by atoms with van der Waals surface area (Å²) in [4.78, 5) is 16.5. The van der Waals surface area contributed by atoms with E-state index in [1.807, 2.05) is 0 Å². The van der Waals surface area contributed by atoms with Crippen molar-refractivity contribution in [2.45, 2.75) is 12.8 Å². The van der Waals surface area contributed by atoms with E-state index in [2.05, 4.69) is 9.80 Å². The van der Waals surface area contributed by atoms with Crippen LogP contribution in [0.1, 0.15) is 18.4 Å². The van der Waals surface area contributed by atoms with Crippen LogP contribution < -0.4 is 0 Å². The molecule has 0 atom stereocenters. The average molecular weight is 357 g/mol. The maximum absolute atomic E-state index is 13.5. The van der Waals surface area contributed by atoms with Crippen LogP contribution in [-0.4, -0.2) is 60.7 Å². The van der Waals surface area contributed by atoms with Crippen LogP contribution in [0.4, 0.5) is 8.78 Å². The molecular formula is C18H23ClF2N2O. The highest BCUT2D eigenvalue weighted by atomic mass is 35.5. The minimum atomic E-state index is -0.619. The van der Waals surface area contributed by atoms with E-state index in [1.54, 1.807) is 0 Å². The number of ketones is 1. The van der Waals surface area contributed by atoms with Crippen LogP contribution in [-0.2, 0) is 4.79 Å². The number of carbonyl (C=O) groups excluding carboxylic acids is 1. The number of rotatable bonds is 8. The molecule has 0 radical (unpaired) electrons. The number of piperazine rings is 1. The van der Waals surface area contributed by atoms with Gasteiger partial charge in [0.25, 0.3) is 0 Å². The van der Waals surface area contributed by atoms with Gasteiger partial charge in [0.15, 0.2) is 5.78 Å². The van der Waals surface area contributed by atoms with Gasteiger partial charge in [0, 0.05) is 44.0 Å². The summed E-state index contributed by atoms with van der Waals surface area (Å²) in [6.45, 7) is 5.00. The van der Waals surface area contributed by atoms with Crippen molar-refractivity contribution in [2.24, 2.45) is 0 Å². The van der Waals surface area contributed by atoms with E-state index in [9.17, 15) is 13.6 Å². The van der Waals surface area contributed by atoms with E-state index >= 15 is 0 Å². The lowest BCUT2D eigenvalue weighted by molar-refractivity contribution is -0.119. The maximum Gasteiger partial charge on any atom is 0.150 e. The maximum atomic E-state index is 13.5. The van der Waals surface area contributed by atoms with Crippen LogP contribution >= 0.6 is 11.6 Å². The summed E-state index contributed by atoms with van der Waals surface area (Å²) in [7, 11) is 0. The third kappa shape index (κ3) is 5.96. The molecule has 0 amide bonds. The first kappa shape index (κ1) is 19.0. The molecule has 1 saturated heterocycles. The predicted molar refractivity (Wildman–Crippen MR) is 93.2 cm³/mol. The number of nitrogens with zero attached hydrogens (tertiary/aromatic N) is 2. The zero-order chi connectivity index (χ0) is 17.4. The second-order valence-corrected chi connectivity index (χ2v) is 6.32. The topological polar surface area (TPSA) is 23.6 Å². The first-order valence-corrected chi connectivity index (χ1v) is 8.76. The molecule has 0 aromatic heterocycles. The quantitative estimate of drug-likeness (QED) is 0.668. The lowest BCUT2D eigenvalue weighted by Crippen LogP contribution is -2.48. The van der Waals surface area contributed by atoms with E-state index in [-0.39, 0.29) is 17.8 Å². The fourth-order valence-corrected chi connectivity index (χ4v) is 2.87. The lowest BCUT2D eigenvalue weighted by Gasteiger charge is -2.34. The van der Waals surface area contributed by atoms with Gasteiger partial charge < -0.3 is 4.90 Å². The Kier molecular flexibility index (Phi) is 7.82. The van der Waals surface area contributed by atoms with E-state index in [0.29, 0.717) is 12.4 Å². The molecule has 1 aliphatic rings. The Morgan fingerprint density at radius 1 is 1.12 bits per heavy atom. The lowest BCUT2D eigenvalue weighted by atomic mass is 10.1. The molecule has 1 heterocycles. The number of alkyl halides is 1. The van der Waals surface area contributed by atoms with Crippen molar-refractivity contribution in [3.63, 3.8) is 0 Å². The molecule has 6 heteroatoms. The summed E-state index contributed by atoms with van der Waals surface area (Å²) in [6, 6.07) is 3.72. The molecule has 3 nitrogen and oxygen atoms in total. The molecule has 0 N–H and O–H groups in total. The largest absolute Gasteiger partial charge is 0.301 e. The minimum absolute atomic E-state index is 0.0530. The van der Waals surface area contributed by atoms with Crippen molar-refractivity contribution < 1.29 is 13.6 Å². The highest BCUT2D eigenvalue weighted by molar-refractivity contribution is 6.17. The number of carbonyl (C=O) groups is 1. The third-order valence-electron chi connectivity index (χ3n) is 4.10. The van der Waals surface area contributed by atoms with Gasteiger partial charge in [-0.1, -0.05) is 18.2 Å². The van der Waals surface area contributed by atoms with Crippen LogP contribution in [0.15, 0.2) is 24.3 Å². The summed E-state index contributed by atoms with van der Waals surface area (Å²) in [5.41, 5.74) is -0.0989. The third-order valence-corrected chi connectivity index (χ3v) is 4.37. The number of benzene rings is 1. The van der Waals surface area contributed by atoms with Crippen molar-refractivity contribution in [1.82, 2.24) is 9.80 Å². The SMILES string of the molecule is O=C(CC=Cc1c(F)cccc1F)CN1CCN(CCCCl)CC1. The van der Waals surface area contributed by atoms with Crippen LogP contribution in [0.5, 0.6) is 0 Å². The van der Waals surface area contributed by atoms with Gasteiger partial charge in [0.1, 0.15) is 11.6 Å². The van der Waals surface area contributed by atoms with Crippen molar-refractivity contribution in [1.29, 1.82) is 0 Å². The molecule has 2 rings (SSSR count). The highest BCUT2D eigenvalue weighted by Crippen LogP contribution is 2.14. The Hall–Kier alpha value is -1.30. The van der Waals surface area contributed by atoms with Crippen molar-refractivity contribution >= 4 is 23.5 Å². The Morgan fingerprint density at radius 3 is 2.38 bits per heavy atom. The Morgan fingerprint density at radius 2 is 1.75 bits per heavy atom. The second kappa shape index (κ2) is 9.87. The molecule has 1 fully saturated rings. The normalized spacial score (nSPS) is 16.8.